The number of nitrogens with one attached hydrogen (secondary N) is 1. The Morgan fingerprint density at radius 1 is 1.04 bits per heavy atom. The lowest BCUT2D eigenvalue weighted by atomic mass is 10.3. The van der Waals surface area contributed by atoms with Crippen LogP contribution in [-0.4, -0.2) is 58.6 Å². The molecule has 3 rings (SSSR count). The standard InChI is InChI=1S/C17H23N7O/c1-2-3-5-18-16(25)14-12-22-15(13-21-14)23-8-10-24(11-9-23)17-19-6-4-7-20-17/h4,6-7,12-13H,2-3,5,8-11H2,1H3,(H,18,25). The molecule has 2 aromatic rings. The van der Waals surface area contributed by atoms with Gasteiger partial charge in [0.25, 0.3) is 5.91 Å². The molecule has 1 aliphatic rings. The second-order valence-corrected chi connectivity index (χ2v) is 5.89. The molecule has 0 bridgehead atoms. The smallest absolute Gasteiger partial charge is 0.271 e. The molecule has 8 heteroatoms. The molecule has 132 valence electrons. The monoisotopic (exact) mass is 341 g/mol. The van der Waals surface area contributed by atoms with Crippen LogP contribution < -0.4 is 15.1 Å². The van der Waals surface area contributed by atoms with Crippen molar-refractivity contribution in [3.63, 3.8) is 0 Å². The van der Waals surface area contributed by atoms with E-state index in [2.05, 4.69) is 42.0 Å². The third-order valence-electron chi connectivity index (χ3n) is 4.13. The fourth-order valence-electron chi connectivity index (χ4n) is 2.66. The van der Waals surface area contributed by atoms with Gasteiger partial charge in [-0.25, -0.2) is 19.9 Å². The van der Waals surface area contributed by atoms with Gasteiger partial charge in [-0.1, -0.05) is 13.3 Å². The van der Waals surface area contributed by atoms with E-state index in [0.717, 1.165) is 50.8 Å². The molecule has 0 aromatic carbocycles. The molecular weight excluding hydrogens is 318 g/mol. The number of piperazine rings is 1. The molecule has 0 saturated carbocycles. The molecule has 0 radical (unpaired) electrons. The van der Waals surface area contributed by atoms with Crippen LogP contribution in [0.25, 0.3) is 0 Å². The Morgan fingerprint density at radius 3 is 2.40 bits per heavy atom. The number of amides is 1. The van der Waals surface area contributed by atoms with E-state index in [1.807, 2.05) is 6.07 Å². The Hall–Kier alpha value is -2.77. The minimum absolute atomic E-state index is 0.168. The minimum atomic E-state index is -0.168. The van der Waals surface area contributed by atoms with Crippen molar-refractivity contribution in [1.82, 2.24) is 25.3 Å². The van der Waals surface area contributed by atoms with Crippen molar-refractivity contribution >= 4 is 17.7 Å². The van der Waals surface area contributed by atoms with Crippen LogP contribution in [0.15, 0.2) is 30.9 Å². The summed E-state index contributed by atoms with van der Waals surface area (Å²) in [6.07, 6.45) is 8.74. The number of hydrogen-bond acceptors (Lipinski definition) is 7. The lowest BCUT2D eigenvalue weighted by Gasteiger charge is -2.35. The minimum Gasteiger partial charge on any atom is -0.352 e. The van der Waals surface area contributed by atoms with E-state index < -0.39 is 0 Å². The largest absolute Gasteiger partial charge is 0.352 e. The Balaban J connectivity index is 1.54. The zero-order chi connectivity index (χ0) is 17.5. The first kappa shape index (κ1) is 17.1. The Bertz CT molecular complexity index is 669. The SMILES string of the molecule is CCCCNC(=O)c1cnc(N2CCN(c3ncccn3)CC2)cn1. The Labute approximate surface area is 147 Å². The average Bonchev–Trinajstić information content (AvgIpc) is 2.69. The molecule has 0 unspecified atom stereocenters. The van der Waals surface area contributed by atoms with Crippen LogP contribution in [0.5, 0.6) is 0 Å². The van der Waals surface area contributed by atoms with E-state index in [4.69, 9.17) is 0 Å². The lowest BCUT2D eigenvalue weighted by Crippen LogP contribution is -2.47. The van der Waals surface area contributed by atoms with Crippen molar-refractivity contribution < 1.29 is 4.79 Å². The molecule has 25 heavy (non-hydrogen) atoms. The van der Waals surface area contributed by atoms with Gasteiger partial charge in [0.15, 0.2) is 0 Å². The highest BCUT2D eigenvalue weighted by molar-refractivity contribution is 5.91. The maximum Gasteiger partial charge on any atom is 0.271 e. The fraction of sp³-hybridized carbons (Fsp3) is 0.471. The molecule has 1 N–H and O–H groups in total. The zero-order valence-corrected chi connectivity index (χ0v) is 14.4. The normalized spacial score (nSPS) is 14.4. The van der Waals surface area contributed by atoms with Gasteiger partial charge >= 0.3 is 0 Å². The van der Waals surface area contributed by atoms with Crippen molar-refractivity contribution in [2.24, 2.45) is 0 Å². The van der Waals surface area contributed by atoms with Gasteiger partial charge in [-0.05, 0) is 12.5 Å². The summed E-state index contributed by atoms with van der Waals surface area (Å²) < 4.78 is 0. The first-order valence-corrected chi connectivity index (χ1v) is 8.65. The van der Waals surface area contributed by atoms with Gasteiger partial charge in [0.1, 0.15) is 11.5 Å². The van der Waals surface area contributed by atoms with Crippen LogP contribution in [0.3, 0.4) is 0 Å². The summed E-state index contributed by atoms with van der Waals surface area (Å²) in [5.74, 6) is 1.38. The number of rotatable bonds is 6. The zero-order valence-electron chi connectivity index (χ0n) is 14.4. The van der Waals surface area contributed by atoms with E-state index >= 15 is 0 Å². The van der Waals surface area contributed by atoms with Crippen LogP contribution in [0.2, 0.25) is 0 Å². The van der Waals surface area contributed by atoms with E-state index in [1.54, 1.807) is 24.8 Å². The Kier molecular flexibility index (Phi) is 5.71. The molecule has 1 aliphatic heterocycles. The van der Waals surface area contributed by atoms with Crippen molar-refractivity contribution in [2.45, 2.75) is 19.8 Å². The third-order valence-corrected chi connectivity index (χ3v) is 4.13. The highest BCUT2D eigenvalue weighted by atomic mass is 16.1. The molecule has 1 fully saturated rings. The van der Waals surface area contributed by atoms with Gasteiger partial charge in [-0.15, -0.1) is 0 Å². The summed E-state index contributed by atoms with van der Waals surface area (Å²) in [4.78, 5) is 33.5. The molecule has 8 nitrogen and oxygen atoms in total. The second-order valence-electron chi connectivity index (χ2n) is 5.89. The molecule has 0 atom stereocenters. The van der Waals surface area contributed by atoms with Gasteiger partial charge in [0.05, 0.1) is 12.4 Å². The molecule has 3 heterocycles. The average molecular weight is 341 g/mol. The van der Waals surface area contributed by atoms with E-state index in [-0.39, 0.29) is 5.91 Å². The summed E-state index contributed by atoms with van der Waals surface area (Å²) >= 11 is 0. The van der Waals surface area contributed by atoms with Gasteiger partial charge in [0, 0.05) is 45.1 Å². The molecule has 1 saturated heterocycles. The van der Waals surface area contributed by atoms with Crippen LogP contribution >= 0.6 is 0 Å². The number of hydrogen-bond donors (Lipinski definition) is 1. The summed E-state index contributed by atoms with van der Waals surface area (Å²) in [5, 5.41) is 2.85. The predicted molar refractivity (Wildman–Crippen MR) is 95.7 cm³/mol. The molecule has 0 spiro atoms. The highest BCUT2D eigenvalue weighted by Gasteiger charge is 2.20. The van der Waals surface area contributed by atoms with Gasteiger partial charge < -0.3 is 15.1 Å². The quantitative estimate of drug-likeness (QED) is 0.788. The molecule has 2 aromatic heterocycles. The van der Waals surface area contributed by atoms with E-state index in [1.165, 1.54) is 0 Å². The van der Waals surface area contributed by atoms with Crippen LogP contribution in [0.4, 0.5) is 11.8 Å². The van der Waals surface area contributed by atoms with Crippen LogP contribution in [0, 0.1) is 0 Å². The van der Waals surface area contributed by atoms with E-state index in [0.29, 0.717) is 12.2 Å². The van der Waals surface area contributed by atoms with Gasteiger partial charge in [-0.3, -0.25) is 4.79 Å². The summed E-state index contributed by atoms with van der Waals surface area (Å²) in [7, 11) is 0. The van der Waals surface area contributed by atoms with Crippen molar-refractivity contribution in [2.75, 3.05) is 42.5 Å². The Morgan fingerprint density at radius 2 is 1.76 bits per heavy atom. The first-order chi connectivity index (χ1) is 12.3. The summed E-state index contributed by atoms with van der Waals surface area (Å²) in [5.41, 5.74) is 0.358. The van der Waals surface area contributed by atoms with Gasteiger partial charge in [0.2, 0.25) is 5.95 Å². The summed E-state index contributed by atoms with van der Waals surface area (Å²) in [6, 6.07) is 1.81. The fourth-order valence-corrected chi connectivity index (χ4v) is 2.66. The number of aromatic nitrogens is 4. The van der Waals surface area contributed by atoms with Crippen molar-refractivity contribution in [1.29, 1.82) is 0 Å². The van der Waals surface area contributed by atoms with E-state index in [9.17, 15) is 4.79 Å². The van der Waals surface area contributed by atoms with Gasteiger partial charge in [-0.2, -0.15) is 0 Å². The van der Waals surface area contributed by atoms with Crippen LogP contribution in [-0.2, 0) is 0 Å². The number of nitrogens with zero attached hydrogens (tertiary/aromatic N) is 6. The lowest BCUT2D eigenvalue weighted by molar-refractivity contribution is 0.0948. The number of carbonyl (C=O) groups excluding carboxylic acids is 1. The summed E-state index contributed by atoms with van der Waals surface area (Å²) in [6.45, 7) is 6.03. The van der Waals surface area contributed by atoms with Crippen molar-refractivity contribution in [3.05, 3.63) is 36.5 Å². The highest BCUT2D eigenvalue weighted by Crippen LogP contribution is 2.15. The number of carbonyl (C=O) groups is 1. The maximum atomic E-state index is 12.0. The first-order valence-electron chi connectivity index (χ1n) is 8.65. The number of anilines is 2. The molecular formula is C17H23N7O. The topological polar surface area (TPSA) is 87.1 Å². The maximum absolute atomic E-state index is 12.0. The second kappa shape index (κ2) is 8.36. The third kappa shape index (κ3) is 4.40. The molecule has 1 amide bonds. The van der Waals surface area contributed by atoms with Crippen molar-refractivity contribution in [3.8, 4) is 0 Å². The predicted octanol–water partition coefficient (Wildman–Crippen LogP) is 1.12. The number of unbranched alkanes of at least 4 members (excludes halogenated alkanes) is 1. The molecule has 0 aliphatic carbocycles. The van der Waals surface area contributed by atoms with Crippen LogP contribution in [0.1, 0.15) is 30.3 Å².